The molecule has 71 heavy (non-hydrogen) atoms. The number of para-hydroxylation sites is 3. The highest BCUT2D eigenvalue weighted by Crippen LogP contribution is 2.54. The third kappa shape index (κ3) is 7.58. The lowest BCUT2D eigenvalue weighted by atomic mass is 9.93. The van der Waals surface area contributed by atoms with E-state index in [0.29, 0.717) is 0 Å². The van der Waals surface area contributed by atoms with Crippen LogP contribution in [0, 0.1) is 0 Å². The van der Waals surface area contributed by atoms with E-state index in [4.69, 9.17) is 4.42 Å². The Morgan fingerprint density at radius 1 is 0.254 bits per heavy atom. The zero-order valence-electron chi connectivity index (χ0n) is 38.9. The van der Waals surface area contributed by atoms with Crippen molar-refractivity contribution < 1.29 is 4.42 Å². The summed E-state index contributed by atoms with van der Waals surface area (Å²) in [5.74, 6) is 0. The zero-order chi connectivity index (χ0) is 47.1. The van der Waals surface area contributed by atoms with Crippen molar-refractivity contribution in [3.05, 3.63) is 279 Å². The van der Waals surface area contributed by atoms with Crippen molar-refractivity contribution in [3.63, 3.8) is 0 Å². The van der Waals surface area contributed by atoms with E-state index in [1.807, 2.05) is 0 Å². The molecule has 13 rings (SSSR count). The number of fused-ring (bicyclic) bond motifs is 5. The molecular weight excluding hydrogens is 861 g/mol. The summed E-state index contributed by atoms with van der Waals surface area (Å²) in [5.41, 5.74) is 16.6. The average Bonchev–Trinajstić information content (AvgIpc) is 3.83. The van der Waals surface area contributed by atoms with Gasteiger partial charge >= 0.3 is 0 Å². The zero-order valence-corrected chi connectivity index (χ0v) is 38.9. The van der Waals surface area contributed by atoms with Crippen molar-refractivity contribution in [1.29, 1.82) is 0 Å². The second kappa shape index (κ2) is 17.9. The van der Waals surface area contributed by atoms with Crippen LogP contribution >= 0.6 is 0 Å². The van der Waals surface area contributed by atoms with Crippen molar-refractivity contribution in [3.8, 4) is 44.5 Å². The quantitative estimate of drug-likeness (QED) is 0.136. The molecule has 0 bridgehead atoms. The van der Waals surface area contributed by atoms with Crippen LogP contribution in [0.2, 0.25) is 0 Å². The SMILES string of the molecule is c1ccc(-c2cccc(-c3ccccc3)c2N(c2ccc3ccccc3c2)c2cc(N(c3ccc4ccccc4c3)c3c(-c4ccccc4)cccc3-c3ccccc3)c3oc4ccccc4c3c2)cc1. The van der Waals surface area contributed by atoms with Crippen LogP contribution in [-0.4, -0.2) is 0 Å². The Bertz CT molecular complexity index is 3940. The van der Waals surface area contributed by atoms with Crippen molar-refractivity contribution in [1.82, 2.24) is 0 Å². The number of rotatable bonds is 10. The molecule has 0 spiro atoms. The highest BCUT2D eigenvalue weighted by molar-refractivity contribution is 6.15. The number of nitrogens with zero attached hydrogens (tertiary/aromatic N) is 2. The van der Waals surface area contributed by atoms with E-state index < -0.39 is 0 Å². The summed E-state index contributed by atoms with van der Waals surface area (Å²) in [5, 5.41) is 6.72. The Hall–Kier alpha value is -9.44. The Labute approximate surface area is 413 Å². The Morgan fingerprint density at radius 3 is 1.13 bits per heavy atom. The molecule has 0 fully saturated rings. The first kappa shape index (κ1) is 41.7. The van der Waals surface area contributed by atoms with Crippen molar-refractivity contribution >= 4 is 77.6 Å². The van der Waals surface area contributed by atoms with Crippen molar-refractivity contribution in [2.45, 2.75) is 0 Å². The van der Waals surface area contributed by atoms with E-state index in [2.05, 4.69) is 289 Å². The first-order valence-electron chi connectivity index (χ1n) is 24.2. The van der Waals surface area contributed by atoms with E-state index in [9.17, 15) is 0 Å². The standard InChI is InChI=1S/C68H46N2O/c1-5-23-49(24-6-1)58-34-19-35-59(50-25-7-2-8-26-50)66(58)69(55-41-39-47-21-13-15-31-53(47)43-55)57-45-63-62-33-17-18-38-65(62)71-68(63)64(46-57)70(56-42-40-48-22-14-16-32-54(48)44-56)67-60(51-27-9-3-10-28-51)36-20-37-61(67)52-29-11-4-12-30-52/h1-46H. The molecule has 12 aromatic carbocycles. The van der Waals surface area contributed by atoms with Gasteiger partial charge in [-0.3, -0.25) is 0 Å². The minimum atomic E-state index is 0.795. The van der Waals surface area contributed by atoms with E-state index in [1.165, 1.54) is 10.8 Å². The van der Waals surface area contributed by atoms with Crippen LogP contribution in [0.1, 0.15) is 0 Å². The van der Waals surface area contributed by atoms with Gasteiger partial charge < -0.3 is 14.2 Å². The van der Waals surface area contributed by atoms with Gasteiger partial charge in [-0.1, -0.05) is 237 Å². The summed E-state index contributed by atoms with van der Waals surface area (Å²) in [6.07, 6.45) is 0. The van der Waals surface area contributed by atoms with Crippen LogP contribution in [0.5, 0.6) is 0 Å². The van der Waals surface area contributed by atoms with E-state index in [1.54, 1.807) is 0 Å². The van der Waals surface area contributed by atoms with Gasteiger partial charge in [0.25, 0.3) is 0 Å². The van der Waals surface area contributed by atoms with Gasteiger partial charge in [-0.2, -0.15) is 0 Å². The topological polar surface area (TPSA) is 19.6 Å². The normalized spacial score (nSPS) is 11.4. The molecule has 0 amide bonds. The number of furan rings is 1. The van der Waals surface area contributed by atoms with E-state index in [-0.39, 0.29) is 0 Å². The maximum absolute atomic E-state index is 7.22. The number of hydrogen-bond acceptors (Lipinski definition) is 3. The van der Waals surface area contributed by atoms with E-state index in [0.717, 1.165) is 111 Å². The maximum atomic E-state index is 7.22. The van der Waals surface area contributed by atoms with Gasteiger partial charge in [0.15, 0.2) is 5.58 Å². The molecule has 0 aliphatic heterocycles. The molecule has 0 radical (unpaired) electrons. The fourth-order valence-corrected chi connectivity index (χ4v) is 10.5. The molecule has 1 aromatic heterocycles. The highest BCUT2D eigenvalue weighted by atomic mass is 16.3. The summed E-state index contributed by atoms with van der Waals surface area (Å²) >= 11 is 0. The molecule has 0 atom stereocenters. The van der Waals surface area contributed by atoms with Crippen molar-refractivity contribution in [2.75, 3.05) is 9.80 Å². The van der Waals surface area contributed by atoms with Crippen LogP contribution in [0.25, 0.3) is 88.0 Å². The predicted molar refractivity (Wildman–Crippen MR) is 300 cm³/mol. The molecular formula is C68H46N2O. The number of anilines is 6. The fourth-order valence-electron chi connectivity index (χ4n) is 10.5. The monoisotopic (exact) mass is 906 g/mol. The first-order chi connectivity index (χ1) is 35.2. The van der Waals surface area contributed by atoms with Crippen LogP contribution in [-0.2, 0) is 0 Å². The number of hydrogen-bond donors (Lipinski definition) is 0. The van der Waals surface area contributed by atoms with Crippen molar-refractivity contribution in [2.24, 2.45) is 0 Å². The lowest BCUT2D eigenvalue weighted by Crippen LogP contribution is -2.16. The molecule has 13 aromatic rings. The Morgan fingerprint density at radius 2 is 0.648 bits per heavy atom. The van der Waals surface area contributed by atoms with Gasteiger partial charge in [-0.05, 0) is 86.3 Å². The van der Waals surface area contributed by atoms with Gasteiger partial charge in [-0.15, -0.1) is 0 Å². The number of benzene rings is 12. The third-order valence-electron chi connectivity index (χ3n) is 13.8. The van der Waals surface area contributed by atoms with Gasteiger partial charge in [0.1, 0.15) is 5.58 Å². The highest BCUT2D eigenvalue weighted by Gasteiger charge is 2.29. The molecule has 0 aliphatic carbocycles. The molecule has 334 valence electrons. The molecule has 3 nitrogen and oxygen atoms in total. The maximum Gasteiger partial charge on any atom is 0.159 e. The van der Waals surface area contributed by atoms with Gasteiger partial charge in [0.05, 0.1) is 17.1 Å². The lowest BCUT2D eigenvalue weighted by Gasteiger charge is -2.34. The summed E-state index contributed by atoms with van der Waals surface area (Å²) in [6.45, 7) is 0. The summed E-state index contributed by atoms with van der Waals surface area (Å²) < 4.78 is 7.22. The smallest absolute Gasteiger partial charge is 0.159 e. The molecule has 0 N–H and O–H groups in total. The average molecular weight is 907 g/mol. The second-order valence-electron chi connectivity index (χ2n) is 18.0. The van der Waals surface area contributed by atoms with Crippen LogP contribution < -0.4 is 9.80 Å². The summed E-state index contributed by atoms with van der Waals surface area (Å²) in [7, 11) is 0. The van der Waals surface area contributed by atoms with Gasteiger partial charge in [0.2, 0.25) is 0 Å². The summed E-state index contributed by atoms with van der Waals surface area (Å²) in [6, 6.07) is 101. The van der Waals surface area contributed by atoms with Crippen LogP contribution in [0.15, 0.2) is 283 Å². The Kier molecular flexibility index (Phi) is 10.5. The van der Waals surface area contributed by atoms with E-state index >= 15 is 0 Å². The fraction of sp³-hybridized carbons (Fsp3) is 0. The first-order valence-corrected chi connectivity index (χ1v) is 24.2. The summed E-state index contributed by atoms with van der Waals surface area (Å²) in [4.78, 5) is 4.95. The molecule has 0 aliphatic rings. The lowest BCUT2D eigenvalue weighted by molar-refractivity contribution is 0.669. The predicted octanol–water partition coefficient (Wildman–Crippen LogP) is 19.5. The molecule has 0 saturated carbocycles. The van der Waals surface area contributed by atoms with Crippen LogP contribution in [0.4, 0.5) is 34.1 Å². The minimum absolute atomic E-state index is 0.795. The molecule has 3 heteroatoms. The minimum Gasteiger partial charge on any atom is -0.454 e. The third-order valence-corrected chi connectivity index (χ3v) is 13.8. The van der Waals surface area contributed by atoms with Gasteiger partial charge in [0, 0.05) is 50.1 Å². The van der Waals surface area contributed by atoms with Gasteiger partial charge in [-0.25, -0.2) is 0 Å². The molecule has 1 heterocycles. The molecule has 0 unspecified atom stereocenters. The largest absolute Gasteiger partial charge is 0.454 e. The Balaban J connectivity index is 1.20. The second-order valence-corrected chi connectivity index (χ2v) is 18.0. The molecule has 0 saturated heterocycles. The van der Waals surface area contributed by atoms with Crippen LogP contribution in [0.3, 0.4) is 0 Å².